The van der Waals surface area contributed by atoms with Crippen molar-refractivity contribution in [3.05, 3.63) is 18.0 Å². The number of rotatable bonds is 7. The van der Waals surface area contributed by atoms with Gasteiger partial charge in [-0.1, -0.05) is 13.8 Å². The predicted molar refractivity (Wildman–Crippen MR) is 92.1 cm³/mol. The van der Waals surface area contributed by atoms with Crippen molar-refractivity contribution in [1.82, 2.24) is 24.9 Å². The zero-order valence-corrected chi connectivity index (χ0v) is 15.0. The van der Waals surface area contributed by atoms with E-state index in [1.165, 1.54) is 0 Å². The van der Waals surface area contributed by atoms with Crippen molar-refractivity contribution in [1.29, 1.82) is 0 Å². The summed E-state index contributed by atoms with van der Waals surface area (Å²) in [5.41, 5.74) is 0.935. The van der Waals surface area contributed by atoms with Crippen LogP contribution in [0.15, 0.2) is 12.4 Å². The molecule has 1 N–H and O–H groups in total. The number of aromatic nitrogens is 2. The Morgan fingerprint density at radius 2 is 2.04 bits per heavy atom. The van der Waals surface area contributed by atoms with Crippen LogP contribution >= 0.6 is 0 Å². The number of likely N-dealkylation sites (N-methyl/N-ethyl adjacent to an activating group) is 1. The summed E-state index contributed by atoms with van der Waals surface area (Å²) in [7, 11) is 3.71. The molecule has 1 fully saturated rings. The molecule has 1 atom stereocenters. The van der Waals surface area contributed by atoms with E-state index in [1.807, 2.05) is 25.2 Å². The normalized spacial score (nSPS) is 17.7. The van der Waals surface area contributed by atoms with E-state index in [4.69, 9.17) is 0 Å². The summed E-state index contributed by atoms with van der Waals surface area (Å²) in [6, 6.07) is -0.289. The highest BCUT2D eigenvalue weighted by Crippen LogP contribution is 2.22. The molecule has 1 aromatic rings. The standard InChI is InChI=1S/C17H31N5O/c1-5-21(6-2)12-14-7-9-22(10-8-14)17(23)16(18-3)15-11-19-20(4)13-15/h11,13-14,16,18H,5-10,12H2,1-4H3. The molecule has 0 spiro atoms. The molecule has 2 rings (SSSR count). The summed E-state index contributed by atoms with van der Waals surface area (Å²) in [5.74, 6) is 0.882. The summed E-state index contributed by atoms with van der Waals surface area (Å²) < 4.78 is 1.74. The molecule has 0 bridgehead atoms. The Hall–Kier alpha value is -1.40. The average molecular weight is 321 g/mol. The van der Waals surface area contributed by atoms with E-state index in [9.17, 15) is 4.79 Å². The van der Waals surface area contributed by atoms with Gasteiger partial charge in [0, 0.05) is 38.4 Å². The first-order valence-corrected chi connectivity index (χ1v) is 8.75. The van der Waals surface area contributed by atoms with Crippen LogP contribution in [-0.2, 0) is 11.8 Å². The minimum atomic E-state index is -0.289. The van der Waals surface area contributed by atoms with E-state index in [0.717, 1.165) is 51.1 Å². The second-order valence-electron chi connectivity index (χ2n) is 6.42. The summed E-state index contributed by atoms with van der Waals surface area (Å²) in [6.45, 7) is 9.54. The highest BCUT2D eigenvalue weighted by atomic mass is 16.2. The molecule has 6 nitrogen and oxygen atoms in total. The number of nitrogens with zero attached hydrogens (tertiary/aromatic N) is 4. The fourth-order valence-corrected chi connectivity index (χ4v) is 3.39. The molecule has 0 aromatic carbocycles. The van der Waals surface area contributed by atoms with Crippen molar-refractivity contribution in [2.24, 2.45) is 13.0 Å². The molecule has 0 radical (unpaired) electrons. The van der Waals surface area contributed by atoms with Gasteiger partial charge in [0.05, 0.1) is 6.20 Å². The Balaban J connectivity index is 1.89. The van der Waals surface area contributed by atoms with Crippen LogP contribution in [0.25, 0.3) is 0 Å². The molecule has 0 aliphatic carbocycles. The van der Waals surface area contributed by atoms with E-state index in [0.29, 0.717) is 5.92 Å². The van der Waals surface area contributed by atoms with Crippen molar-refractivity contribution in [2.45, 2.75) is 32.7 Å². The molecule has 1 aliphatic rings. The number of carbonyl (C=O) groups excluding carboxylic acids is 1. The molecule has 1 saturated heterocycles. The van der Waals surface area contributed by atoms with Crippen LogP contribution in [-0.4, -0.2) is 65.3 Å². The number of hydrogen-bond donors (Lipinski definition) is 1. The van der Waals surface area contributed by atoms with Crippen molar-refractivity contribution in [3.8, 4) is 0 Å². The number of carbonyl (C=O) groups is 1. The first-order valence-electron chi connectivity index (χ1n) is 8.75. The summed E-state index contributed by atoms with van der Waals surface area (Å²) in [4.78, 5) is 17.3. The third kappa shape index (κ3) is 4.54. The van der Waals surface area contributed by atoms with Crippen molar-refractivity contribution < 1.29 is 4.79 Å². The van der Waals surface area contributed by atoms with Gasteiger partial charge in [0.1, 0.15) is 6.04 Å². The van der Waals surface area contributed by atoms with Gasteiger partial charge in [-0.3, -0.25) is 9.48 Å². The predicted octanol–water partition coefficient (Wildman–Crippen LogP) is 1.26. The lowest BCUT2D eigenvalue weighted by atomic mass is 9.95. The van der Waals surface area contributed by atoms with E-state index in [1.54, 1.807) is 10.9 Å². The quantitative estimate of drug-likeness (QED) is 0.821. The Labute approximate surface area is 139 Å². The minimum Gasteiger partial charge on any atom is -0.341 e. The third-order valence-corrected chi connectivity index (χ3v) is 4.93. The number of amides is 1. The lowest BCUT2D eigenvalue weighted by Crippen LogP contribution is -2.45. The van der Waals surface area contributed by atoms with E-state index in [2.05, 4.69) is 29.2 Å². The topological polar surface area (TPSA) is 53.4 Å². The molecule has 23 heavy (non-hydrogen) atoms. The SMILES string of the molecule is CCN(CC)CC1CCN(C(=O)C(NC)c2cnn(C)c2)CC1. The Morgan fingerprint density at radius 3 is 2.52 bits per heavy atom. The van der Waals surface area contributed by atoms with Gasteiger partial charge in [0.15, 0.2) is 0 Å². The van der Waals surface area contributed by atoms with Gasteiger partial charge in [-0.2, -0.15) is 5.10 Å². The number of hydrogen-bond acceptors (Lipinski definition) is 4. The Morgan fingerprint density at radius 1 is 1.39 bits per heavy atom. The maximum absolute atomic E-state index is 12.8. The van der Waals surface area contributed by atoms with Crippen molar-refractivity contribution in [2.75, 3.05) is 39.8 Å². The van der Waals surface area contributed by atoms with Gasteiger partial charge in [0.25, 0.3) is 0 Å². The lowest BCUT2D eigenvalue weighted by Gasteiger charge is -2.35. The van der Waals surface area contributed by atoms with E-state index >= 15 is 0 Å². The van der Waals surface area contributed by atoms with Crippen LogP contribution in [0.1, 0.15) is 38.3 Å². The molecular weight excluding hydrogens is 290 g/mol. The summed E-state index contributed by atoms with van der Waals surface area (Å²) in [6.07, 6.45) is 5.88. The highest BCUT2D eigenvalue weighted by Gasteiger charge is 2.29. The van der Waals surface area contributed by atoms with Crippen LogP contribution in [0.3, 0.4) is 0 Å². The van der Waals surface area contributed by atoms with Crippen LogP contribution in [0.2, 0.25) is 0 Å². The third-order valence-electron chi connectivity index (χ3n) is 4.93. The molecule has 0 saturated carbocycles. The smallest absolute Gasteiger partial charge is 0.244 e. The van der Waals surface area contributed by atoms with Gasteiger partial charge in [0.2, 0.25) is 5.91 Å². The largest absolute Gasteiger partial charge is 0.341 e. The number of aryl methyl sites for hydroxylation is 1. The van der Waals surface area contributed by atoms with Crippen LogP contribution < -0.4 is 5.32 Å². The van der Waals surface area contributed by atoms with Crippen LogP contribution in [0.5, 0.6) is 0 Å². The highest BCUT2D eigenvalue weighted by molar-refractivity contribution is 5.83. The van der Waals surface area contributed by atoms with Gasteiger partial charge < -0.3 is 15.1 Å². The molecule has 6 heteroatoms. The second kappa shape index (κ2) is 8.45. The first kappa shape index (κ1) is 17.9. The van der Waals surface area contributed by atoms with Gasteiger partial charge >= 0.3 is 0 Å². The maximum Gasteiger partial charge on any atom is 0.244 e. The van der Waals surface area contributed by atoms with Gasteiger partial charge in [-0.05, 0) is 38.9 Å². The zero-order chi connectivity index (χ0) is 16.8. The zero-order valence-electron chi connectivity index (χ0n) is 15.0. The number of nitrogens with one attached hydrogen (secondary N) is 1. The Kier molecular flexibility index (Phi) is 6.59. The molecule has 130 valence electrons. The first-order chi connectivity index (χ1) is 11.1. The maximum atomic E-state index is 12.8. The number of piperidine rings is 1. The molecular formula is C17H31N5O. The fraction of sp³-hybridized carbons (Fsp3) is 0.765. The van der Waals surface area contributed by atoms with Crippen LogP contribution in [0.4, 0.5) is 0 Å². The van der Waals surface area contributed by atoms with E-state index < -0.39 is 0 Å². The summed E-state index contributed by atoms with van der Waals surface area (Å²) >= 11 is 0. The monoisotopic (exact) mass is 321 g/mol. The van der Waals surface area contributed by atoms with Gasteiger partial charge in [-0.15, -0.1) is 0 Å². The molecule has 1 unspecified atom stereocenters. The minimum absolute atomic E-state index is 0.168. The van der Waals surface area contributed by atoms with Crippen molar-refractivity contribution in [3.63, 3.8) is 0 Å². The van der Waals surface area contributed by atoms with Crippen molar-refractivity contribution >= 4 is 5.91 Å². The number of likely N-dealkylation sites (tertiary alicyclic amines) is 1. The van der Waals surface area contributed by atoms with Gasteiger partial charge in [-0.25, -0.2) is 0 Å². The van der Waals surface area contributed by atoms with E-state index in [-0.39, 0.29) is 11.9 Å². The molecule has 2 heterocycles. The molecule has 1 aromatic heterocycles. The summed E-state index contributed by atoms with van der Waals surface area (Å²) in [5, 5.41) is 7.31. The Bertz CT molecular complexity index is 489. The molecule has 1 amide bonds. The fourth-order valence-electron chi connectivity index (χ4n) is 3.39. The second-order valence-corrected chi connectivity index (χ2v) is 6.42. The lowest BCUT2D eigenvalue weighted by molar-refractivity contribution is -0.135. The van der Waals surface area contributed by atoms with Crippen LogP contribution in [0, 0.1) is 5.92 Å². The molecule has 1 aliphatic heterocycles. The average Bonchev–Trinajstić information content (AvgIpc) is 3.00.